The van der Waals surface area contributed by atoms with E-state index in [0.29, 0.717) is 6.01 Å². The molecular weight excluding hydrogens is 328 g/mol. The van der Waals surface area contributed by atoms with Gasteiger partial charge in [-0.1, -0.05) is 18.2 Å². The summed E-state index contributed by atoms with van der Waals surface area (Å²) < 4.78 is 4.99. The number of anilines is 1. The van der Waals surface area contributed by atoms with Crippen LogP contribution >= 0.6 is 0 Å². The van der Waals surface area contributed by atoms with Gasteiger partial charge in [0.15, 0.2) is 0 Å². The second-order valence-corrected chi connectivity index (χ2v) is 5.34. The largest absolute Gasteiger partial charge is 0.467 e. The number of methoxy groups -OCH3 is 1. The van der Waals surface area contributed by atoms with Gasteiger partial charge >= 0.3 is 6.01 Å². The van der Waals surface area contributed by atoms with Gasteiger partial charge in [0.1, 0.15) is 0 Å². The van der Waals surface area contributed by atoms with Crippen molar-refractivity contribution in [1.29, 1.82) is 0 Å². The molecular formula is C19H18N6O. The Hall–Kier alpha value is -3.61. The highest BCUT2D eigenvalue weighted by atomic mass is 16.5. The maximum atomic E-state index is 4.99. The monoisotopic (exact) mass is 346 g/mol. The molecule has 0 radical (unpaired) electrons. The van der Waals surface area contributed by atoms with Crippen molar-refractivity contribution < 1.29 is 4.74 Å². The maximum absolute atomic E-state index is 4.99. The first-order chi connectivity index (χ1) is 12.7. The van der Waals surface area contributed by atoms with Crippen molar-refractivity contribution in [3.8, 4) is 17.1 Å². The lowest BCUT2D eigenvalue weighted by molar-refractivity contribution is 0.380. The Labute approximate surface area is 151 Å². The molecule has 0 saturated heterocycles. The lowest BCUT2D eigenvalue weighted by Gasteiger charge is -2.14. The Morgan fingerprint density at radius 1 is 1.04 bits per heavy atom. The number of nitrogens with zero attached hydrogens (tertiary/aromatic N) is 6. The van der Waals surface area contributed by atoms with Crippen LogP contribution in [-0.4, -0.2) is 34.5 Å². The highest BCUT2D eigenvalue weighted by Crippen LogP contribution is 2.25. The van der Waals surface area contributed by atoms with Crippen LogP contribution in [0, 0.1) is 0 Å². The molecule has 130 valence electrons. The van der Waals surface area contributed by atoms with Crippen molar-refractivity contribution in [2.24, 2.45) is 10.2 Å². The minimum Gasteiger partial charge on any atom is -0.467 e. The summed E-state index contributed by atoms with van der Waals surface area (Å²) in [7, 11) is 1.53. The van der Waals surface area contributed by atoms with Gasteiger partial charge in [-0.25, -0.2) is 9.97 Å². The van der Waals surface area contributed by atoms with Gasteiger partial charge in [0, 0.05) is 30.9 Å². The fraction of sp³-hybridized carbons (Fsp3) is 0.105. The number of benzene rings is 1. The zero-order valence-corrected chi connectivity index (χ0v) is 14.6. The van der Waals surface area contributed by atoms with Crippen LogP contribution in [0.4, 0.5) is 5.69 Å². The van der Waals surface area contributed by atoms with Gasteiger partial charge in [0.2, 0.25) is 0 Å². The predicted octanol–water partition coefficient (Wildman–Crippen LogP) is 3.39. The van der Waals surface area contributed by atoms with Gasteiger partial charge < -0.3 is 4.74 Å². The van der Waals surface area contributed by atoms with Crippen LogP contribution in [0.1, 0.15) is 12.6 Å². The average molecular weight is 346 g/mol. The summed E-state index contributed by atoms with van der Waals surface area (Å²) in [5, 5.41) is 9.98. The molecule has 0 atom stereocenters. The third kappa shape index (κ3) is 3.89. The number of rotatable bonds is 6. The highest BCUT2D eigenvalue weighted by molar-refractivity contribution is 5.97. The zero-order valence-electron chi connectivity index (χ0n) is 14.6. The molecule has 3 rings (SSSR count). The minimum atomic E-state index is 0.329. The summed E-state index contributed by atoms with van der Waals surface area (Å²) in [6.45, 7) is 5.49. The number of aromatic nitrogens is 3. The number of hydrogen-bond donors (Lipinski definition) is 0. The molecule has 2 heterocycles. The Bertz CT molecular complexity index is 909. The van der Waals surface area contributed by atoms with Crippen molar-refractivity contribution >= 4 is 18.1 Å². The fourth-order valence-corrected chi connectivity index (χ4v) is 2.32. The van der Waals surface area contributed by atoms with E-state index >= 15 is 0 Å². The first-order valence-electron chi connectivity index (χ1n) is 7.91. The highest BCUT2D eigenvalue weighted by Gasteiger charge is 2.08. The summed E-state index contributed by atoms with van der Waals surface area (Å²) in [5.74, 6) is 0. The van der Waals surface area contributed by atoms with E-state index in [1.165, 1.54) is 12.2 Å². The second-order valence-electron chi connectivity index (χ2n) is 5.34. The van der Waals surface area contributed by atoms with Crippen LogP contribution in [0.2, 0.25) is 0 Å². The normalized spacial score (nSPS) is 11.1. The molecule has 3 aromatic rings. The van der Waals surface area contributed by atoms with E-state index in [4.69, 9.17) is 4.74 Å². The molecule has 0 spiro atoms. The molecule has 7 heteroatoms. The van der Waals surface area contributed by atoms with Crippen LogP contribution in [0.3, 0.4) is 0 Å². The van der Waals surface area contributed by atoms with Crippen LogP contribution in [0.5, 0.6) is 6.01 Å². The molecule has 0 aliphatic carbocycles. The third-order valence-electron chi connectivity index (χ3n) is 3.64. The van der Waals surface area contributed by atoms with Crippen molar-refractivity contribution in [3.63, 3.8) is 0 Å². The molecule has 26 heavy (non-hydrogen) atoms. The molecule has 0 bridgehead atoms. The molecule has 0 unspecified atom stereocenters. The fourth-order valence-electron chi connectivity index (χ4n) is 2.32. The Kier molecular flexibility index (Phi) is 5.28. The van der Waals surface area contributed by atoms with E-state index in [2.05, 4.69) is 31.9 Å². The average Bonchev–Trinajstić information content (AvgIpc) is 2.72. The van der Waals surface area contributed by atoms with E-state index in [9.17, 15) is 0 Å². The molecule has 0 amide bonds. The van der Waals surface area contributed by atoms with Gasteiger partial charge in [-0.3, -0.25) is 4.98 Å². The topological polar surface area (TPSA) is 75.9 Å². The van der Waals surface area contributed by atoms with Crippen molar-refractivity contribution in [3.05, 3.63) is 66.7 Å². The zero-order chi connectivity index (χ0) is 18.4. The maximum Gasteiger partial charge on any atom is 0.316 e. The number of hydrogen-bond acceptors (Lipinski definition) is 7. The first kappa shape index (κ1) is 17.2. The summed E-state index contributed by atoms with van der Waals surface area (Å²) in [6.07, 6.45) is 5.14. The van der Waals surface area contributed by atoms with Crippen molar-refractivity contribution in [1.82, 2.24) is 15.0 Å². The number of pyridine rings is 1. The molecule has 0 fully saturated rings. The lowest BCUT2D eigenvalue weighted by Crippen LogP contribution is -2.12. The van der Waals surface area contributed by atoms with Gasteiger partial charge in [-0.05, 0) is 36.8 Å². The number of ether oxygens (including phenoxy) is 1. The van der Waals surface area contributed by atoms with E-state index in [1.807, 2.05) is 49.4 Å². The summed E-state index contributed by atoms with van der Waals surface area (Å²) in [4.78, 5) is 12.6. The smallest absolute Gasteiger partial charge is 0.316 e. The van der Waals surface area contributed by atoms with Crippen molar-refractivity contribution in [2.75, 3.05) is 12.2 Å². The SMILES string of the molecule is C=NN(/N=C(\C)c1ccccn1)c1cccc(-c2cnc(OC)nc2)c1. The standard InChI is InChI=1S/C19H18N6O/c1-14(18-9-4-5-10-21-18)24-25(20-2)17-8-6-7-15(11-17)16-12-22-19(26-3)23-13-16/h4-13H,2H2,1,3H3/b24-14+. The molecule has 0 aliphatic rings. The second kappa shape index (κ2) is 7.98. The van der Waals surface area contributed by atoms with Crippen LogP contribution < -0.4 is 9.85 Å². The Morgan fingerprint density at radius 3 is 2.50 bits per heavy atom. The lowest BCUT2D eigenvalue weighted by atomic mass is 10.1. The Balaban J connectivity index is 1.91. The number of hydrazone groups is 2. The molecule has 1 aromatic carbocycles. The summed E-state index contributed by atoms with van der Waals surface area (Å²) >= 11 is 0. The summed E-state index contributed by atoms with van der Waals surface area (Å²) in [5.41, 5.74) is 4.08. The van der Waals surface area contributed by atoms with Gasteiger partial charge in [-0.15, -0.1) is 0 Å². The van der Waals surface area contributed by atoms with E-state index in [-0.39, 0.29) is 0 Å². The molecule has 2 aromatic heterocycles. The van der Waals surface area contributed by atoms with Crippen molar-refractivity contribution in [2.45, 2.75) is 6.92 Å². The minimum absolute atomic E-state index is 0.329. The molecule has 0 aliphatic heterocycles. The summed E-state index contributed by atoms with van der Waals surface area (Å²) in [6, 6.07) is 13.7. The van der Waals surface area contributed by atoms with E-state index < -0.39 is 0 Å². The van der Waals surface area contributed by atoms with Gasteiger partial charge in [-0.2, -0.15) is 15.3 Å². The van der Waals surface area contributed by atoms with Crippen LogP contribution in [0.25, 0.3) is 11.1 Å². The molecule has 0 saturated carbocycles. The first-order valence-corrected chi connectivity index (χ1v) is 7.91. The Morgan fingerprint density at radius 2 is 1.85 bits per heavy atom. The van der Waals surface area contributed by atoms with Gasteiger partial charge in [0.25, 0.3) is 0 Å². The van der Waals surface area contributed by atoms with Crippen LogP contribution in [-0.2, 0) is 0 Å². The van der Waals surface area contributed by atoms with Gasteiger partial charge in [0.05, 0.1) is 24.2 Å². The van der Waals surface area contributed by atoms with E-state index in [1.54, 1.807) is 18.6 Å². The third-order valence-corrected chi connectivity index (χ3v) is 3.64. The molecule has 7 nitrogen and oxygen atoms in total. The quantitative estimate of drug-likeness (QED) is 0.505. The predicted molar refractivity (Wildman–Crippen MR) is 102 cm³/mol. The molecule has 0 N–H and O–H groups in total. The van der Waals surface area contributed by atoms with E-state index in [0.717, 1.165) is 28.2 Å². The van der Waals surface area contributed by atoms with Crippen LogP contribution in [0.15, 0.2) is 71.3 Å².